The highest BCUT2D eigenvalue weighted by Crippen LogP contribution is 2.29. The van der Waals surface area contributed by atoms with E-state index in [4.69, 9.17) is 16.3 Å². The van der Waals surface area contributed by atoms with Crippen molar-refractivity contribution in [1.29, 1.82) is 0 Å². The van der Waals surface area contributed by atoms with Gasteiger partial charge in [-0.2, -0.15) is 5.10 Å². The first kappa shape index (κ1) is 24.5. The first-order valence-electron chi connectivity index (χ1n) is 10.2. The minimum atomic E-state index is -0.244. The Kier molecular flexibility index (Phi) is 8.39. The molecule has 7 nitrogen and oxygen atoms in total. The summed E-state index contributed by atoms with van der Waals surface area (Å²) in [6, 6.07) is 18.9. The molecule has 174 valence electrons. The van der Waals surface area contributed by atoms with Crippen LogP contribution in [0.4, 0.5) is 0 Å². The fourth-order valence-electron chi connectivity index (χ4n) is 2.97. The first-order chi connectivity index (χ1) is 16.5. The molecule has 0 bridgehead atoms. The molecule has 0 aliphatic rings. The summed E-state index contributed by atoms with van der Waals surface area (Å²) in [6.45, 7) is 2.53. The standard InChI is InChI=1S/C23H19BrClN5O2S2/c1-2-32-18-9-7-17(8-10-18)30-22(15-3-5-16(25)6-4-15)28-29-23(30)33-14-21(31)27-26-13-19-11-12-20(24)34-19/h3-13H,2,14H2,1H3,(H,27,31)/b26-13+. The number of halogens is 2. The molecule has 1 N–H and O–H groups in total. The van der Waals surface area contributed by atoms with Crippen molar-refractivity contribution in [3.63, 3.8) is 0 Å². The van der Waals surface area contributed by atoms with E-state index in [2.05, 4.69) is 36.7 Å². The van der Waals surface area contributed by atoms with Crippen molar-refractivity contribution < 1.29 is 9.53 Å². The van der Waals surface area contributed by atoms with Gasteiger partial charge >= 0.3 is 0 Å². The fourth-order valence-corrected chi connectivity index (χ4v) is 5.13. The van der Waals surface area contributed by atoms with E-state index in [0.717, 1.165) is 25.7 Å². The number of thioether (sulfide) groups is 1. The lowest BCUT2D eigenvalue weighted by Gasteiger charge is -2.11. The lowest BCUT2D eigenvalue weighted by Crippen LogP contribution is -2.19. The van der Waals surface area contributed by atoms with E-state index in [1.54, 1.807) is 18.3 Å². The molecule has 11 heteroatoms. The van der Waals surface area contributed by atoms with Gasteiger partial charge in [-0.05, 0) is 83.5 Å². The number of nitrogens with zero attached hydrogens (tertiary/aromatic N) is 4. The number of ether oxygens (including phenoxy) is 1. The van der Waals surface area contributed by atoms with Crippen molar-refractivity contribution in [2.75, 3.05) is 12.4 Å². The number of amides is 1. The van der Waals surface area contributed by atoms with Crippen LogP contribution in [0.2, 0.25) is 5.02 Å². The van der Waals surface area contributed by atoms with Crippen LogP contribution in [0.15, 0.2) is 74.7 Å². The van der Waals surface area contributed by atoms with E-state index in [1.807, 2.05) is 60.0 Å². The molecule has 1 amide bonds. The van der Waals surface area contributed by atoms with Crippen molar-refractivity contribution in [2.24, 2.45) is 5.10 Å². The summed E-state index contributed by atoms with van der Waals surface area (Å²) in [4.78, 5) is 13.3. The highest BCUT2D eigenvalue weighted by molar-refractivity contribution is 9.11. The maximum Gasteiger partial charge on any atom is 0.250 e. The minimum Gasteiger partial charge on any atom is -0.494 e. The molecule has 4 rings (SSSR count). The van der Waals surface area contributed by atoms with Gasteiger partial charge in [0.2, 0.25) is 0 Å². The van der Waals surface area contributed by atoms with Gasteiger partial charge in [-0.25, -0.2) is 5.43 Å². The van der Waals surface area contributed by atoms with Gasteiger partial charge in [0, 0.05) is 21.2 Å². The van der Waals surface area contributed by atoms with Crippen LogP contribution in [0.3, 0.4) is 0 Å². The molecule has 0 saturated heterocycles. The van der Waals surface area contributed by atoms with E-state index in [0.29, 0.717) is 22.6 Å². The zero-order valence-electron chi connectivity index (χ0n) is 17.9. The molecular weight excluding hydrogens is 558 g/mol. The van der Waals surface area contributed by atoms with Crippen molar-refractivity contribution in [1.82, 2.24) is 20.2 Å². The second kappa shape index (κ2) is 11.7. The maximum absolute atomic E-state index is 12.4. The molecule has 2 aromatic carbocycles. The Bertz CT molecular complexity index is 1290. The van der Waals surface area contributed by atoms with Crippen molar-refractivity contribution in [3.05, 3.63) is 74.3 Å². The van der Waals surface area contributed by atoms with Crippen LogP contribution in [0.25, 0.3) is 17.1 Å². The Hall–Kier alpha value is -2.66. The molecule has 0 fully saturated rings. The number of carbonyl (C=O) groups excluding carboxylic acids is 1. The zero-order valence-corrected chi connectivity index (χ0v) is 21.9. The second-order valence-corrected chi connectivity index (χ2v) is 10.7. The summed E-state index contributed by atoms with van der Waals surface area (Å²) in [5.41, 5.74) is 4.25. The SMILES string of the molecule is CCOc1ccc(-n2c(SCC(=O)N/N=C/c3ccc(Br)s3)nnc2-c2ccc(Cl)cc2)cc1. The van der Waals surface area contributed by atoms with Crippen molar-refractivity contribution in [2.45, 2.75) is 12.1 Å². The number of thiophene rings is 1. The molecular formula is C23H19BrClN5O2S2. The number of nitrogens with one attached hydrogen (secondary N) is 1. The van der Waals surface area contributed by atoms with Gasteiger partial charge in [0.25, 0.3) is 5.91 Å². The third-order valence-corrected chi connectivity index (χ3v) is 7.19. The molecule has 4 aromatic rings. The minimum absolute atomic E-state index is 0.126. The molecule has 0 unspecified atom stereocenters. The van der Waals surface area contributed by atoms with Crippen LogP contribution in [-0.4, -0.2) is 39.2 Å². The quantitative estimate of drug-likeness (QED) is 0.149. The molecule has 0 radical (unpaired) electrons. The van der Waals surface area contributed by atoms with E-state index in [-0.39, 0.29) is 11.7 Å². The van der Waals surface area contributed by atoms with Crippen LogP contribution in [-0.2, 0) is 4.79 Å². The Morgan fingerprint density at radius 1 is 1.18 bits per heavy atom. The lowest BCUT2D eigenvalue weighted by molar-refractivity contribution is -0.118. The summed E-state index contributed by atoms with van der Waals surface area (Å²) in [7, 11) is 0. The van der Waals surface area contributed by atoms with Crippen molar-refractivity contribution >= 4 is 62.8 Å². The van der Waals surface area contributed by atoms with Crippen LogP contribution < -0.4 is 10.2 Å². The van der Waals surface area contributed by atoms with E-state index < -0.39 is 0 Å². The second-order valence-electron chi connectivity index (χ2n) is 6.80. The monoisotopic (exact) mass is 575 g/mol. The molecule has 2 heterocycles. The lowest BCUT2D eigenvalue weighted by atomic mass is 10.2. The summed E-state index contributed by atoms with van der Waals surface area (Å²) in [6.07, 6.45) is 1.61. The van der Waals surface area contributed by atoms with Crippen LogP contribution in [0.1, 0.15) is 11.8 Å². The normalized spacial score (nSPS) is 11.1. The number of hydrogen-bond acceptors (Lipinski definition) is 7. The van der Waals surface area contributed by atoms with E-state index >= 15 is 0 Å². The predicted molar refractivity (Wildman–Crippen MR) is 141 cm³/mol. The van der Waals surface area contributed by atoms with Crippen molar-refractivity contribution in [3.8, 4) is 22.8 Å². The molecule has 0 aliphatic heterocycles. The topological polar surface area (TPSA) is 81.4 Å². The van der Waals surface area contributed by atoms with Gasteiger partial charge in [-0.1, -0.05) is 23.4 Å². The van der Waals surface area contributed by atoms with Gasteiger partial charge in [0.1, 0.15) is 5.75 Å². The molecule has 0 atom stereocenters. The average molecular weight is 577 g/mol. The summed E-state index contributed by atoms with van der Waals surface area (Å²) in [5, 5.41) is 14.0. The zero-order chi connectivity index (χ0) is 23.9. The predicted octanol–water partition coefficient (Wildman–Crippen LogP) is 6.05. The highest BCUT2D eigenvalue weighted by Gasteiger charge is 2.17. The molecule has 0 saturated carbocycles. The maximum atomic E-state index is 12.4. The van der Waals surface area contributed by atoms with Gasteiger partial charge in [0.15, 0.2) is 11.0 Å². The van der Waals surface area contributed by atoms with Gasteiger partial charge < -0.3 is 4.74 Å². The Balaban J connectivity index is 1.53. The number of carbonyl (C=O) groups is 1. The largest absolute Gasteiger partial charge is 0.494 e. The Morgan fingerprint density at radius 3 is 2.62 bits per heavy atom. The number of benzene rings is 2. The Morgan fingerprint density at radius 2 is 1.94 bits per heavy atom. The third kappa shape index (κ3) is 6.26. The molecule has 34 heavy (non-hydrogen) atoms. The number of aromatic nitrogens is 3. The van der Waals surface area contributed by atoms with E-state index in [9.17, 15) is 4.79 Å². The smallest absolute Gasteiger partial charge is 0.250 e. The molecule has 0 spiro atoms. The molecule has 2 aromatic heterocycles. The summed E-state index contributed by atoms with van der Waals surface area (Å²) in [5.74, 6) is 1.30. The average Bonchev–Trinajstić information content (AvgIpc) is 3.45. The number of hydrazone groups is 1. The van der Waals surface area contributed by atoms with Gasteiger partial charge in [-0.3, -0.25) is 9.36 Å². The molecule has 0 aliphatic carbocycles. The summed E-state index contributed by atoms with van der Waals surface area (Å²) < 4.78 is 8.46. The van der Waals surface area contributed by atoms with E-state index in [1.165, 1.54) is 23.1 Å². The van der Waals surface area contributed by atoms with Crippen LogP contribution in [0, 0.1) is 0 Å². The highest BCUT2D eigenvalue weighted by atomic mass is 79.9. The van der Waals surface area contributed by atoms with Gasteiger partial charge in [-0.15, -0.1) is 21.5 Å². The third-order valence-electron chi connectivity index (χ3n) is 4.45. The van der Waals surface area contributed by atoms with Crippen LogP contribution >= 0.6 is 50.6 Å². The first-order valence-corrected chi connectivity index (χ1v) is 13.2. The summed E-state index contributed by atoms with van der Waals surface area (Å²) >= 11 is 12.3. The fraction of sp³-hybridized carbons (Fsp3) is 0.130. The van der Waals surface area contributed by atoms with Crippen LogP contribution in [0.5, 0.6) is 5.75 Å². The number of rotatable bonds is 9. The Labute approximate surface area is 218 Å². The van der Waals surface area contributed by atoms with Gasteiger partial charge in [0.05, 0.1) is 22.4 Å². The number of hydrogen-bond donors (Lipinski definition) is 1.